The molecule has 1 aliphatic heterocycles. The predicted octanol–water partition coefficient (Wildman–Crippen LogP) is 7.02. The fourth-order valence-electron chi connectivity index (χ4n) is 4.26. The number of likely N-dealkylation sites (tertiary alicyclic amines) is 1. The zero-order chi connectivity index (χ0) is 24.8. The monoisotopic (exact) mass is 470 g/mol. The van der Waals surface area contributed by atoms with Crippen LogP contribution in [0.1, 0.15) is 51.7 Å². The second kappa shape index (κ2) is 10.8. The minimum absolute atomic E-state index is 0.0330. The van der Waals surface area contributed by atoms with Gasteiger partial charge in [0.2, 0.25) is 0 Å². The first kappa shape index (κ1) is 24.5. The van der Waals surface area contributed by atoms with Crippen molar-refractivity contribution in [2.75, 3.05) is 6.54 Å². The highest BCUT2D eigenvalue weighted by atomic mass is 16.6. The van der Waals surface area contributed by atoms with Crippen LogP contribution in [0.3, 0.4) is 0 Å². The first-order valence-electron chi connectivity index (χ1n) is 12.2. The van der Waals surface area contributed by atoms with E-state index >= 15 is 0 Å². The summed E-state index contributed by atoms with van der Waals surface area (Å²) in [6, 6.07) is 28.4. The SMILES string of the molecule is C[C@@H]1C[C@H](Oc2cccc(N=C(c3ccccc3)c3ccccc3)c2)CCN1C(=O)OC(C)(C)C. The number of piperidine rings is 1. The lowest BCUT2D eigenvalue weighted by molar-refractivity contribution is -0.00102. The average molecular weight is 471 g/mol. The van der Waals surface area contributed by atoms with Crippen LogP contribution in [0.2, 0.25) is 0 Å². The third-order valence-corrected chi connectivity index (χ3v) is 5.91. The quantitative estimate of drug-likeness (QED) is 0.376. The molecule has 0 N–H and O–H groups in total. The van der Waals surface area contributed by atoms with E-state index in [0.29, 0.717) is 6.54 Å². The van der Waals surface area contributed by atoms with Crippen LogP contribution in [0.15, 0.2) is 89.9 Å². The molecule has 35 heavy (non-hydrogen) atoms. The fraction of sp³-hybridized carbons (Fsp3) is 0.333. The Kier molecular flexibility index (Phi) is 7.54. The molecule has 1 fully saturated rings. The fourth-order valence-corrected chi connectivity index (χ4v) is 4.26. The van der Waals surface area contributed by atoms with Gasteiger partial charge in [-0.15, -0.1) is 0 Å². The van der Waals surface area contributed by atoms with Gasteiger partial charge in [0.15, 0.2) is 0 Å². The molecule has 0 saturated carbocycles. The molecule has 2 atom stereocenters. The second-order valence-corrected chi connectivity index (χ2v) is 9.98. The van der Waals surface area contributed by atoms with Gasteiger partial charge in [-0.05, 0) is 39.8 Å². The number of aliphatic imine (C=N–C) groups is 1. The van der Waals surface area contributed by atoms with Gasteiger partial charge in [0.1, 0.15) is 17.5 Å². The number of carbonyl (C=O) groups excluding carboxylic acids is 1. The molecule has 3 aromatic rings. The Labute approximate surface area is 208 Å². The smallest absolute Gasteiger partial charge is 0.410 e. The third-order valence-electron chi connectivity index (χ3n) is 5.91. The maximum absolute atomic E-state index is 12.5. The third kappa shape index (κ3) is 6.72. The number of carbonyl (C=O) groups is 1. The van der Waals surface area contributed by atoms with Crippen molar-refractivity contribution in [2.45, 2.75) is 58.3 Å². The van der Waals surface area contributed by atoms with E-state index in [1.54, 1.807) is 4.90 Å². The van der Waals surface area contributed by atoms with Crippen molar-refractivity contribution < 1.29 is 14.3 Å². The van der Waals surface area contributed by atoms with E-state index in [-0.39, 0.29) is 18.2 Å². The summed E-state index contributed by atoms with van der Waals surface area (Å²) in [6.07, 6.45) is 1.29. The molecule has 182 valence electrons. The molecule has 0 bridgehead atoms. The molecular formula is C30H34N2O3. The number of hydrogen-bond donors (Lipinski definition) is 0. The lowest BCUT2D eigenvalue weighted by Crippen LogP contribution is -2.49. The first-order valence-corrected chi connectivity index (χ1v) is 12.2. The molecule has 4 rings (SSSR count). The van der Waals surface area contributed by atoms with Crippen LogP contribution in [-0.2, 0) is 4.74 Å². The summed E-state index contributed by atoms with van der Waals surface area (Å²) in [5.41, 5.74) is 3.39. The first-order chi connectivity index (χ1) is 16.8. The van der Waals surface area contributed by atoms with Gasteiger partial charge < -0.3 is 14.4 Å². The van der Waals surface area contributed by atoms with Crippen molar-refractivity contribution in [3.05, 3.63) is 96.1 Å². The number of hydrogen-bond acceptors (Lipinski definition) is 4. The highest BCUT2D eigenvalue weighted by molar-refractivity contribution is 6.13. The molecule has 1 aliphatic rings. The summed E-state index contributed by atoms with van der Waals surface area (Å²) in [5, 5.41) is 0. The van der Waals surface area contributed by atoms with Gasteiger partial charge in [-0.3, -0.25) is 0 Å². The standard InChI is InChI=1S/C30H34N2O3/c1-22-20-27(18-19-32(22)29(33)35-30(2,3)4)34-26-17-11-16-25(21-26)31-28(23-12-7-5-8-13-23)24-14-9-6-10-15-24/h5-17,21-22,27H,18-20H2,1-4H3/t22-,27-/m1/s1. The van der Waals surface area contributed by atoms with E-state index in [4.69, 9.17) is 14.5 Å². The van der Waals surface area contributed by atoms with Crippen LogP contribution in [-0.4, -0.2) is 41.0 Å². The Morgan fingerprint density at radius 2 is 1.54 bits per heavy atom. The minimum Gasteiger partial charge on any atom is -0.490 e. The van der Waals surface area contributed by atoms with Crippen molar-refractivity contribution >= 4 is 17.5 Å². The lowest BCUT2D eigenvalue weighted by atomic mass is 10.0. The summed E-state index contributed by atoms with van der Waals surface area (Å²) in [5.74, 6) is 0.787. The maximum atomic E-state index is 12.5. The molecule has 0 aromatic heterocycles. The largest absolute Gasteiger partial charge is 0.490 e. The number of amides is 1. The number of benzene rings is 3. The van der Waals surface area contributed by atoms with E-state index in [0.717, 1.165) is 41.1 Å². The Bertz CT molecular complexity index is 1110. The molecule has 5 nitrogen and oxygen atoms in total. The van der Waals surface area contributed by atoms with Crippen LogP contribution >= 0.6 is 0 Å². The number of ether oxygens (including phenoxy) is 2. The van der Waals surface area contributed by atoms with Crippen LogP contribution in [0.4, 0.5) is 10.5 Å². The molecular weight excluding hydrogens is 436 g/mol. The van der Waals surface area contributed by atoms with E-state index in [2.05, 4.69) is 24.3 Å². The summed E-state index contributed by atoms with van der Waals surface area (Å²) in [7, 11) is 0. The van der Waals surface area contributed by atoms with Crippen molar-refractivity contribution in [1.82, 2.24) is 4.90 Å². The van der Waals surface area contributed by atoms with Gasteiger partial charge in [0.25, 0.3) is 0 Å². The molecule has 0 radical (unpaired) electrons. The molecule has 1 saturated heterocycles. The van der Waals surface area contributed by atoms with Gasteiger partial charge in [-0.25, -0.2) is 9.79 Å². The predicted molar refractivity (Wildman–Crippen MR) is 141 cm³/mol. The molecule has 3 aromatic carbocycles. The number of nitrogens with zero attached hydrogens (tertiary/aromatic N) is 2. The highest BCUT2D eigenvalue weighted by Gasteiger charge is 2.32. The van der Waals surface area contributed by atoms with Crippen molar-refractivity contribution in [2.24, 2.45) is 4.99 Å². The Morgan fingerprint density at radius 3 is 2.11 bits per heavy atom. The van der Waals surface area contributed by atoms with Crippen molar-refractivity contribution in [1.29, 1.82) is 0 Å². The van der Waals surface area contributed by atoms with Crippen LogP contribution in [0.25, 0.3) is 0 Å². The van der Waals surface area contributed by atoms with Gasteiger partial charge >= 0.3 is 6.09 Å². The molecule has 0 unspecified atom stereocenters. The average Bonchev–Trinajstić information content (AvgIpc) is 2.83. The Morgan fingerprint density at radius 1 is 0.914 bits per heavy atom. The van der Waals surface area contributed by atoms with Gasteiger partial charge in [0.05, 0.1) is 11.4 Å². The zero-order valence-electron chi connectivity index (χ0n) is 21.0. The van der Waals surface area contributed by atoms with E-state index in [1.807, 2.05) is 88.4 Å². The Balaban J connectivity index is 1.48. The van der Waals surface area contributed by atoms with Gasteiger partial charge in [0, 0.05) is 42.6 Å². The van der Waals surface area contributed by atoms with Crippen LogP contribution < -0.4 is 4.74 Å². The molecule has 0 spiro atoms. The van der Waals surface area contributed by atoms with Crippen molar-refractivity contribution in [3.8, 4) is 5.75 Å². The maximum Gasteiger partial charge on any atom is 0.410 e. The zero-order valence-corrected chi connectivity index (χ0v) is 21.0. The molecule has 0 aliphatic carbocycles. The van der Waals surface area contributed by atoms with E-state index in [1.165, 1.54) is 0 Å². The van der Waals surface area contributed by atoms with Gasteiger partial charge in [-0.2, -0.15) is 0 Å². The normalized spacial score (nSPS) is 18.0. The minimum atomic E-state index is -0.497. The Hall–Kier alpha value is -3.60. The summed E-state index contributed by atoms with van der Waals surface area (Å²) < 4.78 is 11.9. The van der Waals surface area contributed by atoms with Crippen molar-refractivity contribution in [3.63, 3.8) is 0 Å². The molecule has 5 heteroatoms. The van der Waals surface area contributed by atoms with Crippen LogP contribution in [0, 0.1) is 0 Å². The number of rotatable bonds is 5. The topological polar surface area (TPSA) is 51.1 Å². The summed E-state index contributed by atoms with van der Waals surface area (Å²) in [6.45, 7) is 8.34. The summed E-state index contributed by atoms with van der Waals surface area (Å²) >= 11 is 0. The molecule has 1 amide bonds. The molecule has 1 heterocycles. The lowest BCUT2D eigenvalue weighted by Gasteiger charge is -2.38. The summed E-state index contributed by atoms with van der Waals surface area (Å²) in [4.78, 5) is 19.3. The van der Waals surface area contributed by atoms with Gasteiger partial charge in [-0.1, -0.05) is 66.7 Å². The second-order valence-electron chi connectivity index (χ2n) is 9.98. The highest BCUT2D eigenvalue weighted by Crippen LogP contribution is 2.28. The van der Waals surface area contributed by atoms with E-state index in [9.17, 15) is 4.79 Å². The van der Waals surface area contributed by atoms with E-state index < -0.39 is 5.60 Å². The van der Waals surface area contributed by atoms with Crippen LogP contribution in [0.5, 0.6) is 5.75 Å².